The van der Waals surface area contributed by atoms with Crippen molar-refractivity contribution in [2.75, 3.05) is 5.32 Å². The van der Waals surface area contributed by atoms with Crippen molar-refractivity contribution in [2.24, 2.45) is 0 Å². The first kappa shape index (κ1) is 10.9. The van der Waals surface area contributed by atoms with Gasteiger partial charge in [0.15, 0.2) is 0 Å². The van der Waals surface area contributed by atoms with Crippen molar-refractivity contribution >= 4 is 11.5 Å². The molecule has 0 aliphatic rings. The lowest BCUT2D eigenvalue weighted by atomic mass is 10.3. The first-order valence-corrected chi connectivity index (χ1v) is 4.86. The van der Waals surface area contributed by atoms with Crippen LogP contribution in [0.2, 0.25) is 0 Å². The van der Waals surface area contributed by atoms with Crippen molar-refractivity contribution in [1.29, 1.82) is 0 Å². The number of hydrogen-bond acceptors (Lipinski definition) is 6. The number of hydrogen-bond donors (Lipinski definition) is 1. The molecule has 7 nitrogen and oxygen atoms in total. The van der Waals surface area contributed by atoms with E-state index in [2.05, 4.69) is 20.5 Å². The Morgan fingerprint density at radius 1 is 1.35 bits per heavy atom. The summed E-state index contributed by atoms with van der Waals surface area (Å²) >= 11 is 0. The number of aromatic nitrogens is 3. The lowest BCUT2D eigenvalue weighted by Crippen LogP contribution is -2.03. The molecule has 0 unspecified atom stereocenters. The fourth-order valence-corrected chi connectivity index (χ4v) is 1.21. The van der Waals surface area contributed by atoms with Crippen LogP contribution in [0.15, 0.2) is 36.7 Å². The van der Waals surface area contributed by atoms with E-state index in [0.717, 1.165) is 5.69 Å². The summed E-state index contributed by atoms with van der Waals surface area (Å²) in [6.45, 7) is 0.471. The van der Waals surface area contributed by atoms with Crippen LogP contribution in [-0.2, 0) is 6.54 Å². The van der Waals surface area contributed by atoms with Gasteiger partial charge in [0.2, 0.25) is 0 Å². The molecule has 0 aromatic carbocycles. The minimum absolute atomic E-state index is 0.0324. The minimum atomic E-state index is -0.487. The summed E-state index contributed by atoms with van der Waals surface area (Å²) < 4.78 is 0. The quantitative estimate of drug-likeness (QED) is 0.631. The fraction of sp³-hybridized carbons (Fsp3) is 0.100. The molecule has 0 amide bonds. The highest BCUT2D eigenvalue weighted by atomic mass is 16.6. The fourth-order valence-electron chi connectivity index (χ4n) is 1.21. The van der Waals surface area contributed by atoms with E-state index in [9.17, 15) is 10.1 Å². The predicted octanol–water partition coefficient (Wildman–Crippen LogP) is 1.39. The van der Waals surface area contributed by atoms with Crippen LogP contribution in [0.3, 0.4) is 0 Å². The normalized spacial score (nSPS) is 9.88. The molecule has 0 aliphatic heterocycles. The summed E-state index contributed by atoms with van der Waals surface area (Å²) in [6, 6.07) is 6.55. The highest BCUT2D eigenvalue weighted by Gasteiger charge is 2.04. The Bertz CT molecular complexity index is 500. The Balaban J connectivity index is 1.98. The lowest BCUT2D eigenvalue weighted by Gasteiger charge is -2.03. The minimum Gasteiger partial charge on any atom is -0.364 e. The molecule has 0 spiro atoms. The van der Waals surface area contributed by atoms with E-state index in [1.54, 1.807) is 18.3 Å². The van der Waals surface area contributed by atoms with E-state index in [-0.39, 0.29) is 5.69 Å². The van der Waals surface area contributed by atoms with Crippen molar-refractivity contribution < 1.29 is 4.92 Å². The zero-order chi connectivity index (χ0) is 12.1. The smallest absolute Gasteiger partial charge is 0.287 e. The van der Waals surface area contributed by atoms with Gasteiger partial charge in [0, 0.05) is 12.3 Å². The van der Waals surface area contributed by atoms with E-state index in [0.29, 0.717) is 12.4 Å². The van der Waals surface area contributed by atoms with Gasteiger partial charge in [0.1, 0.15) is 12.0 Å². The molecule has 0 fully saturated rings. The molecule has 7 heteroatoms. The van der Waals surface area contributed by atoms with Crippen molar-refractivity contribution in [3.63, 3.8) is 0 Å². The van der Waals surface area contributed by atoms with Gasteiger partial charge >= 0.3 is 0 Å². The van der Waals surface area contributed by atoms with Crippen LogP contribution >= 0.6 is 0 Å². The lowest BCUT2D eigenvalue weighted by molar-refractivity contribution is -0.385. The highest BCUT2D eigenvalue weighted by molar-refractivity contribution is 5.40. The molecule has 2 heterocycles. The van der Waals surface area contributed by atoms with Crippen LogP contribution < -0.4 is 5.32 Å². The number of nitro groups is 1. The number of anilines is 1. The molecule has 2 aromatic heterocycles. The van der Waals surface area contributed by atoms with Gasteiger partial charge in [-0.15, -0.1) is 0 Å². The van der Waals surface area contributed by atoms with E-state index < -0.39 is 4.92 Å². The Kier molecular flexibility index (Phi) is 3.20. The van der Waals surface area contributed by atoms with Crippen molar-refractivity contribution in [2.45, 2.75) is 6.54 Å². The Morgan fingerprint density at radius 3 is 2.82 bits per heavy atom. The highest BCUT2D eigenvalue weighted by Crippen LogP contribution is 2.12. The van der Waals surface area contributed by atoms with Crippen LogP contribution in [-0.4, -0.2) is 20.1 Å². The molecule has 0 aliphatic carbocycles. The summed E-state index contributed by atoms with van der Waals surface area (Å²) in [4.78, 5) is 13.8. The second-order valence-corrected chi connectivity index (χ2v) is 3.23. The van der Waals surface area contributed by atoms with Gasteiger partial charge in [0.05, 0.1) is 17.2 Å². The van der Waals surface area contributed by atoms with Gasteiger partial charge in [-0.05, 0) is 18.2 Å². The van der Waals surface area contributed by atoms with E-state index in [4.69, 9.17) is 0 Å². The molecule has 0 bridgehead atoms. The van der Waals surface area contributed by atoms with Gasteiger partial charge in [0.25, 0.3) is 5.69 Å². The summed E-state index contributed by atoms with van der Waals surface area (Å²) in [6.07, 6.45) is 2.80. The number of rotatable bonds is 4. The Hall–Kier alpha value is -2.57. The van der Waals surface area contributed by atoms with Crippen LogP contribution in [0.4, 0.5) is 11.5 Å². The van der Waals surface area contributed by atoms with Gasteiger partial charge in [-0.2, -0.15) is 10.2 Å². The van der Waals surface area contributed by atoms with Gasteiger partial charge in [-0.1, -0.05) is 0 Å². The topological polar surface area (TPSA) is 93.8 Å². The number of nitrogens with one attached hydrogen (secondary N) is 1. The van der Waals surface area contributed by atoms with Crippen LogP contribution in [0.5, 0.6) is 0 Å². The second kappa shape index (κ2) is 4.97. The van der Waals surface area contributed by atoms with Crippen LogP contribution in [0.1, 0.15) is 5.69 Å². The third-order valence-corrected chi connectivity index (χ3v) is 2.04. The molecular weight excluding hydrogens is 222 g/mol. The average molecular weight is 231 g/mol. The van der Waals surface area contributed by atoms with Crippen molar-refractivity contribution in [3.8, 4) is 0 Å². The average Bonchev–Trinajstić information content (AvgIpc) is 2.38. The molecule has 2 rings (SSSR count). The first-order valence-electron chi connectivity index (χ1n) is 4.86. The molecule has 0 saturated heterocycles. The second-order valence-electron chi connectivity index (χ2n) is 3.23. The maximum atomic E-state index is 10.4. The van der Waals surface area contributed by atoms with E-state index in [1.165, 1.54) is 12.3 Å². The zero-order valence-corrected chi connectivity index (χ0v) is 8.78. The molecule has 0 saturated carbocycles. The van der Waals surface area contributed by atoms with Gasteiger partial charge in [-0.25, -0.2) is 4.98 Å². The summed E-state index contributed by atoms with van der Waals surface area (Å²) in [5, 5.41) is 21.0. The molecular formula is C10H9N5O2. The standard InChI is InChI=1S/C10H9N5O2/c16-15(17)9-3-4-10(12-7-9)11-6-8-2-1-5-13-14-8/h1-5,7H,6H2,(H,11,12). The largest absolute Gasteiger partial charge is 0.364 e. The van der Waals surface area contributed by atoms with E-state index >= 15 is 0 Å². The third-order valence-electron chi connectivity index (χ3n) is 2.04. The first-order chi connectivity index (χ1) is 8.25. The summed E-state index contributed by atoms with van der Waals surface area (Å²) in [5.74, 6) is 0.557. The molecule has 17 heavy (non-hydrogen) atoms. The zero-order valence-electron chi connectivity index (χ0n) is 8.78. The maximum Gasteiger partial charge on any atom is 0.287 e. The van der Waals surface area contributed by atoms with Crippen molar-refractivity contribution in [1.82, 2.24) is 15.2 Å². The monoisotopic (exact) mass is 231 g/mol. The molecule has 2 aromatic rings. The molecule has 0 atom stereocenters. The predicted molar refractivity (Wildman–Crippen MR) is 60.3 cm³/mol. The van der Waals surface area contributed by atoms with Crippen LogP contribution in [0.25, 0.3) is 0 Å². The van der Waals surface area contributed by atoms with Crippen LogP contribution in [0, 0.1) is 10.1 Å². The number of nitrogens with zero attached hydrogens (tertiary/aromatic N) is 4. The SMILES string of the molecule is O=[N+]([O-])c1ccc(NCc2cccnn2)nc1. The molecule has 86 valence electrons. The Labute approximate surface area is 96.7 Å². The summed E-state index contributed by atoms with van der Waals surface area (Å²) in [7, 11) is 0. The molecule has 1 N–H and O–H groups in total. The Morgan fingerprint density at radius 2 is 2.24 bits per heavy atom. The van der Waals surface area contributed by atoms with Gasteiger partial charge in [-0.3, -0.25) is 10.1 Å². The maximum absolute atomic E-state index is 10.4. The summed E-state index contributed by atoms with van der Waals surface area (Å²) in [5.41, 5.74) is 0.739. The van der Waals surface area contributed by atoms with Gasteiger partial charge < -0.3 is 5.32 Å². The number of pyridine rings is 1. The van der Waals surface area contributed by atoms with Crippen molar-refractivity contribution in [3.05, 3.63) is 52.5 Å². The van der Waals surface area contributed by atoms with E-state index in [1.807, 2.05) is 6.07 Å². The molecule has 0 radical (unpaired) electrons. The third kappa shape index (κ3) is 2.94.